The number of nitrogens with one attached hydrogen (secondary N) is 1. The number of likely N-dealkylation sites (N-methyl/N-ethyl adjacent to an activating group) is 2. The summed E-state index contributed by atoms with van der Waals surface area (Å²) < 4.78 is 0. The summed E-state index contributed by atoms with van der Waals surface area (Å²) in [6, 6.07) is 8.36. The van der Waals surface area contributed by atoms with Gasteiger partial charge in [0, 0.05) is 50.5 Å². The number of hydrogen-bond acceptors (Lipinski definition) is 4. The fourth-order valence-electron chi connectivity index (χ4n) is 4.76. The molecule has 126 valence electrons. The highest BCUT2D eigenvalue weighted by atomic mass is 15.3. The molecule has 0 radical (unpaired) electrons. The molecule has 1 aromatic carbocycles. The van der Waals surface area contributed by atoms with Crippen LogP contribution in [0.1, 0.15) is 24.0 Å². The second kappa shape index (κ2) is 6.42. The van der Waals surface area contributed by atoms with E-state index in [0.717, 1.165) is 19.1 Å². The molecule has 2 saturated heterocycles. The van der Waals surface area contributed by atoms with Gasteiger partial charge >= 0.3 is 0 Å². The maximum Gasteiger partial charge on any atom is 0.0403 e. The Morgan fingerprint density at radius 3 is 3.00 bits per heavy atom. The third-order valence-electron chi connectivity index (χ3n) is 6.10. The molecule has 0 saturated carbocycles. The fourth-order valence-corrected chi connectivity index (χ4v) is 4.76. The lowest BCUT2D eigenvalue weighted by molar-refractivity contribution is 0.211. The molecule has 4 heteroatoms. The molecule has 3 heterocycles. The molecule has 1 aromatic rings. The Bertz CT molecular complexity index is 558. The average molecular weight is 314 g/mol. The van der Waals surface area contributed by atoms with Gasteiger partial charge in [-0.15, -0.1) is 0 Å². The van der Waals surface area contributed by atoms with Gasteiger partial charge in [-0.3, -0.25) is 9.80 Å². The number of anilines is 1. The highest BCUT2D eigenvalue weighted by Gasteiger charge is 2.32. The van der Waals surface area contributed by atoms with Crippen LogP contribution >= 0.6 is 0 Å². The fraction of sp³-hybridized carbons (Fsp3) is 0.684. The van der Waals surface area contributed by atoms with Crippen molar-refractivity contribution in [3.63, 3.8) is 0 Å². The zero-order chi connectivity index (χ0) is 15.8. The molecule has 0 aliphatic carbocycles. The molecule has 0 spiro atoms. The minimum Gasteiger partial charge on any atom is -0.368 e. The van der Waals surface area contributed by atoms with E-state index in [4.69, 9.17) is 0 Å². The number of nitrogens with zero attached hydrogens (tertiary/aromatic N) is 3. The molecule has 2 atom stereocenters. The first-order valence-electron chi connectivity index (χ1n) is 9.21. The highest BCUT2D eigenvalue weighted by Crippen LogP contribution is 2.33. The highest BCUT2D eigenvalue weighted by molar-refractivity contribution is 5.58. The summed E-state index contributed by atoms with van der Waals surface area (Å²) in [6.07, 6.45) is 3.95. The Morgan fingerprint density at radius 1 is 1.22 bits per heavy atom. The van der Waals surface area contributed by atoms with Crippen LogP contribution < -0.4 is 10.2 Å². The first kappa shape index (κ1) is 15.4. The minimum atomic E-state index is 0.612. The van der Waals surface area contributed by atoms with Crippen LogP contribution in [0.15, 0.2) is 18.2 Å². The van der Waals surface area contributed by atoms with Crippen molar-refractivity contribution in [2.75, 3.05) is 51.7 Å². The summed E-state index contributed by atoms with van der Waals surface area (Å²) in [5.41, 5.74) is 4.66. The summed E-state index contributed by atoms with van der Waals surface area (Å²) in [7, 11) is 4.32. The zero-order valence-corrected chi connectivity index (χ0v) is 14.6. The summed E-state index contributed by atoms with van der Waals surface area (Å²) in [4.78, 5) is 7.87. The minimum absolute atomic E-state index is 0.612. The summed E-state index contributed by atoms with van der Waals surface area (Å²) in [5, 5.41) is 3.37. The molecule has 23 heavy (non-hydrogen) atoms. The Hall–Kier alpha value is -1.10. The van der Waals surface area contributed by atoms with E-state index >= 15 is 0 Å². The van der Waals surface area contributed by atoms with Crippen molar-refractivity contribution in [1.82, 2.24) is 15.1 Å². The Kier molecular flexibility index (Phi) is 4.31. The number of benzene rings is 1. The summed E-state index contributed by atoms with van der Waals surface area (Å²) in [6.45, 7) is 7.14. The smallest absolute Gasteiger partial charge is 0.0403 e. The zero-order valence-electron chi connectivity index (χ0n) is 14.6. The lowest BCUT2D eigenvalue weighted by Gasteiger charge is -2.42. The SMILES string of the molecule is CNCC1Cc2c(cccc2N2CCN3CCCC3C2)CN1C. The van der Waals surface area contributed by atoms with Crippen molar-refractivity contribution in [2.45, 2.75) is 37.9 Å². The Balaban J connectivity index is 1.59. The molecular formula is C19H30N4. The molecule has 2 unspecified atom stereocenters. The van der Waals surface area contributed by atoms with Crippen molar-refractivity contribution in [2.24, 2.45) is 0 Å². The van der Waals surface area contributed by atoms with E-state index < -0.39 is 0 Å². The van der Waals surface area contributed by atoms with E-state index in [1.165, 1.54) is 56.7 Å². The topological polar surface area (TPSA) is 21.8 Å². The monoisotopic (exact) mass is 314 g/mol. The number of piperazine rings is 1. The van der Waals surface area contributed by atoms with Crippen LogP contribution in [0.3, 0.4) is 0 Å². The van der Waals surface area contributed by atoms with Gasteiger partial charge in [0.1, 0.15) is 0 Å². The predicted octanol–water partition coefficient (Wildman–Crippen LogP) is 1.55. The molecule has 4 nitrogen and oxygen atoms in total. The maximum absolute atomic E-state index is 3.37. The summed E-state index contributed by atoms with van der Waals surface area (Å²) in [5.74, 6) is 0. The van der Waals surface area contributed by atoms with Gasteiger partial charge < -0.3 is 10.2 Å². The predicted molar refractivity (Wildman–Crippen MR) is 96.1 cm³/mol. The van der Waals surface area contributed by atoms with E-state index in [-0.39, 0.29) is 0 Å². The molecule has 3 aliphatic rings. The maximum atomic E-state index is 3.37. The van der Waals surface area contributed by atoms with Crippen LogP contribution in [0.25, 0.3) is 0 Å². The second-order valence-electron chi connectivity index (χ2n) is 7.52. The quantitative estimate of drug-likeness (QED) is 0.914. The standard InChI is InChI=1S/C19H30N4/c1-20-12-17-11-18-15(13-21(17)2)5-3-7-19(18)23-10-9-22-8-4-6-16(22)14-23/h3,5,7,16-17,20H,4,6,8-14H2,1-2H3. The Labute approximate surface area is 140 Å². The van der Waals surface area contributed by atoms with Gasteiger partial charge in [-0.1, -0.05) is 12.1 Å². The van der Waals surface area contributed by atoms with E-state index in [9.17, 15) is 0 Å². The summed E-state index contributed by atoms with van der Waals surface area (Å²) >= 11 is 0. The van der Waals surface area contributed by atoms with Crippen LogP contribution in [0.2, 0.25) is 0 Å². The van der Waals surface area contributed by atoms with Gasteiger partial charge in [0.2, 0.25) is 0 Å². The Morgan fingerprint density at radius 2 is 2.13 bits per heavy atom. The van der Waals surface area contributed by atoms with Gasteiger partial charge in [-0.05, 0) is 57.1 Å². The third kappa shape index (κ3) is 2.88. The van der Waals surface area contributed by atoms with Crippen LogP contribution in [-0.4, -0.2) is 68.7 Å². The van der Waals surface area contributed by atoms with Gasteiger partial charge in [0.15, 0.2) is 0 Å². The lowest BCUT2D eigenvalue weighted by Crippen LogP contribution is -2.51. The number of hydrogen-bond donors (Lipinski definition) is 1. The molecule has 4 rings (SSSR count). The number of fused-ring (bicyclic) bond motifs is 2. The van der Waals surface area contributed by atoms with Gasteiger partial charge in [-0.25, -0.2) is 0 Å². The van der Waals surface area contributed by atoms with Crippen LogP contribution in [0, 0.1) is 0 Å². The van der Waals surface area contributed by atoms with Crippen molar-refractivity contribution < 1.29 is 0 Å². The second-order valence-corrected chi connectivity index (χ2v) is 7.52. The van der Waals surface area contributed by atoms with Crippen LogP contribution in [-0.2, 0) is 13.0 Å². The van der Waals surface area contributed by atoms with Crippen molar-refractivity contribution in [3.05, 3.63) is 29.3 Å². The third-order valence-corrected chi connectivity index (χ3v) is 6.10. The molecular weight excluding hydrogens is 284 g/mol. The largest absolute Gasteiger partial charge is 0.368 e. The van der Waals surface area contributed by atoms with E-state index in [2.05, 4.69) is 52.3 Å². The van der Waals surface area contributed by atoms with Gasteiger partial charge in [0.05, 0.1) is 0 Å². The van der Waals surface area contributed by atoms with Gasteiger partial charge in [-0.2, -0.15) is 0 Å². The number of rotatable bonds is 3. The van der Waals surface area contributed by atoms with Crippen LogP contribution in [0.5, 0.6) is 0 Å². The van der Waals surface area contributed by atoms with E-state index in [0.29, 0.717) is 6.04 Å². The molecule has 1 N–H and O–H groups in total. The van der Waals surface area contributed by atoms with E-state index in [1.54, 1.807) is 5.56 Å². The first-order chi connectivity index (χ1) is 11.3. The molecule has 0 aromatic heterocycles. The van der Waals surface area contributed by atoms with Gasteiger partial charge in [0.25, 0.3) is 0 Å². The molecule has 0 bridgehead atoms. The van der Waals surface area contributed by atoms with Crippen molar-refractivity contribution >= 4 is 5.69 Å². The van der Waals surface area contributed by atoms with E-state index in [1.807, 2.05) is 0 Å². The van der Waals surface area contributed by atoms with Crippen molar-refractivity contribution in [1.29, 1.82) is 0 Å². The normalized spacial score (nSPS) is 28.7. The average Bonchev–Trinajstić information content (AvgIpc) is 3.03. The lowest BCUT2D eigenvalue weighted by atomic mass is 9.92. The molecule has 3 aliphatic heterocycles. The van der Waals surface area contributed by atoms with Crippen LogP contribution in [0.4, 0.5) is 5.69 Å². The molecule has 2 fully saturated rings. The van der Waals surface area contributed by atoms with Crippen molar-refractivity contribution in [3.8, 4) is 0 Å². The molecule has 0 amide bonds. The first-order valence-corrected chi connectivity index (χ1v) is 9.21.